The van der Waals surface area contributed by atoms with Crippen molar-refractivity contribution in [1.29, 1.82) is 0 Å². The summed E-state index contributed by atoms with van der Waals surface area (Å²) in [4.78, 5) is 41.0. The maximum absolute atomic E-state index is 15.0. The molecule has 0 bridgehead atoms. The molecule has 3 amide bonds. The molecule has 2 aliphatic heterocycles. The fourth-order valence-corrected chi connectivity index (χ4v) is 5.20. The van der Waals surface area contributed by atoms with Crippen molar-refractivity contribution in [3.8, 4) is 0 Å². The van der Waals surface area contributed by atoms with E-state index >= 15 is 0 Å². The van der Waals surface area contributed by atoms with Crippen LogP contribution in [-0.4, -0.2) is 95.5 Å². The predicted molar refractivity (Wildman–Crippen MR) is 146 cm³/mol. The Morgan fingerprint density at radius 2 is 1.72 bits per heavy atom. The lowest BCUT2D eigenvalue weighted by molar-refractivity contribution is -0.138. The summed E-state index contributed by atoms with van der Waals surface area (Å²) in [6, 6.07) is 5.46. The van der Waals surface area contributed by atoms with E-state index in [1.54, 1.807) is 11.0 Å². The summed E-state index contributed by atoms with van der Waals surface area (Å²) >= 11 is 6.15. The van der Waals surface area contributed by atoms with Crippen LogP contribution in [0.25, 0.3) is 0 Å². The zero-order valence-corrected chi connectivity index (χ0v) is 23.4. The topological polar surface area (TPSA) is 125 Å². The van der Waals surface area contributed by atoms with Crippen LogP contribution in [0.2, 0.25) is 5.02 Å². The Hall–Kier alpha value is -3.69. The molecule has 10 nitrogen and oxygen atoms in total. The number of nitrogens with zero attached hydrogens (tertiary/aromatic N) is 3. The molecule has 2 atom stereocenters. The molecule has 2 fully saturated rings. The van der Waals surface area contributed by atoms with E-state index in [2.05, 4.69) is 10.6 Å². The number of amides is 3. The Kier molecular flexibility index (Phi) is 9.97. The molecule has 2 aliphatic rings. The standard InChI is InChI=1S/C27H29ClF5N5O5/c28-16-2-4-19(20(11-16)37-9-7-36(8-10-37)6-5-27(31,32)33)35-24(40)18-3-1-15(22(29)23(18)30)13-34-25(41)21-12-17(39)14-38(21)26(42)43/h1-4,11,17,21,39H,5-10,12-14H2,(H,34,41)(H,35,40)(H,42,43). The molecule has 4 rings (SSSR count). The number of alkyl halides is 3. The number of benzene rings is 2. The van der Waals surface area contributed by atoms with Crippen LogP contribution in [0.5, 0.6) is 0 Å². The first-order chi connectivity index (χ1) is 20.2. The number of β-amino-alcohol motifs (C(OH)–C–C–N with tert-alkyl or cyclic N) is 1. The number of carbonyl (C=O) groups is 3. The molecule has 4 N–H and O–H groups in total. The van der Waals surface area contributed by atoms with Crippen LogP contribution >= 0.6 is 11.6 Å². The second kappa shape index (κ2) is 13.3. The SMILES string of the molecule is O=C(Nc1ccc(Cl)cc1N1CCN(CCC(F)(F)F)CC1)c1ccc(CNC(=O)C2CC(O)CN2C(=O)O)c(F)c1F. The summed E-state index contributed by atoms with van der Waals surface area (Å²) in [5, 5.41) is 24.1. The fraction of sp³-hybridized carbons (Fsp3) is 0.444. The van der Waals surface area contributed by atoms with Crippen LogP contribution in [0.1, 0.15) is 28.8 Å². The minimum absolute atomic E-state index is 0.133. The Morgan fingerprint density at radius 1 is 1.02 bits per heavy atom. The second-order valence-electron chi connectivity index (χ2n) is 10.3. The van der Waals surface area contributed by atoms with Crippen molar-refractivity contribution in [3.05, 3.63) is 58.1 Å². The Bertz CT molecular complexity index is 1370. The van der Waals surface area contributed by atoms with E-state index < -0.39 is 66.4 Å². The normalized spacial score (nSPS) is 19.4. The third kappa shape index (κ3) is 8.03. The van der Waals surface area contributed by atoms with Gasteiger partial charge in [-0.3, -0.25) is 19.4 Å². The van der Waals surface area contributed by atoms with E-state index in [1.165, 1.54) is 12.1 Å². The van der Waals surface area contributed by atoms with Crippen LogP contribution in [0, 0.1) is 11.6 Å². The number of anilines is 2. The average molecular weight is 634 g/mol. The summed E-state index contributed by atoms with van der Waals surface area (Å²) in [5.41, 5.74) is -0.222. The van der Waals surface area contributed by atoms with Gasteiger partial charge in [0.05, 0.1) is 36.0 Å². The highest BCUT2D eigenvalue weighted by atomic mass is 35.5. The smallest absolute Gasteiger partial charge is 0.408 e. The predicted octanol–water partition coefficient (Wildman–Crippen LogP) is 3.67. The lowest BCUT2D eigenvalue weighted by atomic mass is 10.1. The molecule has 0 radical (unpaired) electrons. The minimum atomic E-state index is -4.26. The van der Waals surface area contributed by atoms with Gasteiger partial charge >= 0.3 is 12.3 Å². The third-order valence-corrected chi connectivity index (χ3v) is 7.55. The molecule has 2 unspecified atom stereocenters. The first-order valence-corrected chi connectivity index (χ1v) is 13.7. The van der Waals surface area contributed by atoms with Crippen LogP contribution in [0.3, 0.4) is 0 Å². The Labute approximate surface area is 248 Å². The van der Waals surface area contributed by atoms with Crippen LogP contribution in [-0.2, 0) is 11.3 Å². The summed E-state index contributed by atoms with van der Waals surface area (Å²) in [6.07, 6.45) is -7.77. The van der Waals surface area contributed by atoms with E-state index in [9.17, 15) is 46.5 Å². The van der Waals surface area contributed by atoms with Gasteiger partial charge in [0.2, 0.25) is 5.91 Å². The zero-order chi connectivity index (χ0) is 31.5. The van der Waals surface area contributed by atoms with Gasteiger partial charge in [0.25, 0.3) is 5.91 Å². The molecule has 0 spiro atoms. The number of piperazine rings is 1. The molecule has 2 aromatic rings. The summed E-state index contributed by atoms with van der Waals surface area (Å²) in [5.74, 6) is -4.63. The molecule has 2 aromatic carbocycles. The number of rotatable bonds is 8. The Balaban J connectivity index is 1.41. The van der Waals surface area contributed by atoms with Crippen LogP contribution in [0.4, 0.5) is 38.1 Å². The highest BCUT2D eigenvalue weighted by molar-refractivity contribution is 6.31. The molecule has 0 aliphatic carbocycles. The molecule has 16 heteroatoms. The highest BCUT2D eigenvalue weighted by Crippen LogP contribution is 2.31. The minimum Gasteiger partial charge on any atom is -0.465 e. The van der Waals surface area contributed by atoms with Gasteiger partial charge in [0.1, 0.15) is 6.04 Å². The number of hydrogen-bond donors (Lipinski definition) is 4. The number of halogens is 6. The number of likely N-dealkylation sites (tertiary alicyclic amines) is 1. The second-order valence-corrected chi connectivity index (χ2v) is 10.7. The van der Waals surface area contributed by atoms with E-state index in [0.717, 1.165) is 17.0 Å². The third-order valence-electron chi connectivity index (χ3n) is 7.32. The van der Waals surface area contributed by atoms with E-state index in [0.29, 0.717) is 36.9 Å². The van der Waals surface area contributed by atoms with Crippen molar-refractivity contribution in [2.24, 2.45) is 0 Å². The first-order valence-electron chi connectivity index (χ1n) is 13.3. The number of nitrogens with one attached hydrogen (secondary N) is 2. The number of carboxylic acid groups (broad SMARTS) is 1. The van der Waals surface area contributed by atoms with Gasteiger partial charge in [-0.2, -0.15) is 13.2 Å². The maximum Gasteiger partial charge on any atom is 0.408 e. The number of hydrogen-bond acceptors (Lipinski definition) is 6. The first kappa shape index (κ1) is 32.2. The van der Waals surface area contributed by atoms with Gasteiger partial charge in [-0.25, -0.2) is 13.6 Å². The largest absolute Gasteiger partial charge is 0.465 e. The molecule has 234 valence electrons. The highest BCUT2D eigenvalue weighted by Gasteiger charge is 2.39. The van der Waals surface area contributed by atoms with Gasteiger partial charge in [0, 0.05) is 56.3 Å². The van der Waals surface area contributed by atoms with Crippen molar-refractivity contribution < 1.29 is 46.5 Å². The van der Waals surface area contributed by atoms with Crippen molar-refractivity contribution in [3.63, 3.8) is 0 Å². The van der Waals surface area contributed by atoms with Gasteiger partial charge in [-0.1, -0.05) is 17.7 Å². The molecule has 0 saturated carbocycles. The van der Waals surface area contributed by atoms with Crippen LogP contribution < -0.4 is 15.5 Å². The molecule has 0 aromatic heterocycles. The maximum atomic E-state index is 15.0. The van der Waals surface area contributed by atoms with E-state index in [1.807, 2.05) is 4.90 Å². The fourth-order valence-electron chi connectivity index (χ4n) is 5.03. The number of aliphatic hydroxyl groups is 1. The van der Waals surface area contributed by atoms with E-state index in [-0.39, 0.29) is 30.8 Å². The van der Waals surface area contributed by atoms with Crippen molar-refractivity contribution >= 4 is 40.9 Å². The molecular weight excluding hydrogens is 605 g/mol. The Morgan fingerprint density at radius 3 is 2.37 bits per heavy atom. The van der Waals surface area contributed by atoms with Crippen molar-refractivity contribution in [1.82, 2.24) is 15.1 Å². The average Bonchev–Trinajstić information content (AvgIpc) is 3.35. The summed E-state index contributed by atoms with van der Waals surface area (Å²) in [7, 11) is 0. The van der Waals surface area contributed by atoms with Gasteiger partial charge in [0.15, 0.2) is 11.6 Å². The van der Waals surface area contributed by atoms with Crippen molar-refractivity contribution in [2.75, 3.05) is 49.5 Å². The summed E-state index contributed by atoms with van der Waals surface area (Å²) in [6.45, 7) is 0.467. The summed E-state index contributed by atoms with van der Waals surface area (Å²) < 4.78 is 67.6. The monoisotopic (exact) mass is 633 g/mol. The van der Waals surface area contributed by atoms with Gasteiger partial charge < -0.3 is 25.7 Å². The lowest BCUT2D eigenvalue weighted by Crippen LogP contribution is -2.47. The molecule has 43 heavy (non-hydrogen) atoms. The van der Waals surface area contributed by atoms with Gasteiger partial charge in [-0.15, -0.1) is 0 Å². The quantitative estimate of drug-likeness (QED) is 0.327. The molecule has 2 saturated heterocycles. The number of aliphatic hydroxyl groups excluding tert-OH is 1. The van der Waals surface area contributed by atoms with Crippen molar-refractivity contribution in [2.45, 2.75) is 37.7 Å². The lowest BCUT2D eigenvalue weighted by Gasteiger charge is -2.37. The van der Waals surface area contributed by atoms with Gasteiger partial charge in [-0.05, 0) is 24.3 Å². The van der Waals surface area contributed by atoms with Crippen LogP contribution in [0.15, 0.2) is 30.3 Å². The molecular formula is C27H29ClF5N5O5. The number of carbonyl (C=O) groups excluding carboxylic acids is 2. The molecule has 2 heterocycles. The van der Waals surface area contributed by atoms with E-state index in [4.69, 9.17) is 11.6 Å². The zero-order valence-electron chi connectivity index (χ0n) is 22.6.